The van der Waals surface area contributed by atoms with Gasteiger partial charge in [-0.2, -0.15) is 0 Å². The van der Waals surface area contributed by atoms with Crippen LogP contribution in [0.2, 0.25) is 0 Å². The van der Waals surface area contributed by atoms with Crippen molar-refractivity contribution < 1.29 is 13.2 Å². The number of amides is 2. The molecule has 2 rings (SSSR count). The van der Waals surface area contributed by atoms with Crippen molar-refractivity contribution in [3.05, 3.63) is 35.4 Å². The fourth-order valence-corrected chi connectivity index (χ4v) is 2.85. The van der Waals surface area contributed by atoms with Crippen LogP contribution >= 0.6 is 0 Å². The van der Waals surface area contributed by atoms with Crippen molar-refractivity contribution >= 4 is 16.1 Å². The van der Waals surface area contributed by atoms with Gasteiger partial charge in [0.1, 0.15) is 0 Å². The van der Waals surface area contributed by atoms with Gasteiger partial charge in [-0.1, -0.05) is 24.3 Å². The Kier molecular flexibility index (Phi) is 4.61. The highest BCUT2D eigenvalue weighted by atomic mass is 32.2. The summed E-state index contributed by atoms with van der Waals surface area (Å²) in [4.78, 5) is 13.6. The van der Waals surface area contributed by atoms with Gasteiger partial charge < -0.3 is 10.2 Å². The number of nitrogens with zero attached hydrogens (tertiary/aromatic N) is 1. The summed E-state index contributed by atoms with van der Waals surface area (Å²) in [6.45, 7) is 2.07. The molecule has 0 aliphatic carbocycles. The van der Waals surface area contributed by atoms with Crippen molar-refractivity contribution in [1.29, 1.82) is 0 Å². The Morgan fingerprint density at radius 3 is 2.25 bits per heavy atom. The Labute approximate surface area is 119 Å². The standard InChI is InChI=1S/C13H19N3O3S/c14-20(18,19)10-12-5-3-11(4-6-12)9-15-13(17)16-7-1-2-8-16/h3-6H,1-2,7-10H2,(H,15,17)(H2,14,18,19). The monoisotopic (exact) mass is 297 g/mol. The Morgan fingerprint density at radius 2 is 1.70 bits per heavy atom. The second kappa shape index (κ2) is 6.23. The fourth-order valence-electron chi connectivity index (χ4n) is 2.20. The van der Waals surface area contributed by atoms with E-state index in [1.807, 2.05) is 0 Å². The van der Waals surface area contributed by atoms with E-state index in [9.17, 15) is 13.2 Å². The molecule has 1 heterocycles. The third-order valence-electron chi connectivity index (χ3n) is 3.23. The van der Waals surface area contributed by atoms with Crippen LogP contribution in [0.3, 0.4) is 0 Å². The molecule has 1 saturated heterocycles. The second-order valence-electron chi connectivity index (χ2n) is 4.98. The summed E-state index contributed by atoms with van der Waals surface area (Å²) in [6, 6.07) is 6.97. The number of nitrogens with one attached hydrogen (secondary N) is 1. The molecule has 0 atom stereocenters. The lowest BCUT2D eigenvalue weighted by Gasteiger charge is -2.16. The van der Waals surface area contributed by atoms with E-state index < -0.39 is 10.0 Å². The zero-order valence-electron chi connectivity index (χ0n) is 11.2. The molecule has 110 valence electrons. The molecule has 1 aliphatic heterocycles. The number of urea groups is 1. The molecule has 0 unspecified atom stereocenters. The maximum Gasteiger partial charge on any atom is 0.317 e. The van der Waals surface area contributed by atoms with Gasteiger partial charge in [0.05, 0.1) is 5.75 Å². The minimum absolute atomic E-state index is 0.0453. The first-order chi connectivity index (χ1) is 9.44. The van der Waals surface area contributed by atoms with Crippen LogP contribution in [0.4, 0.5) is 4.79 Å². The Balaban J connectivity index is 1.86. The summed E-state index contributed by atoms with van der Waals surface area (Å²) in [5.74, 6) is -0.173. The Bertz CT molecular complexity index is 563. The normalized spacial score (nSPS) is 15.3. The smallest absolute Gasteiger partial charge is 0.317 e. The first kappa shape index (κ1) is 14.8. The number of nitrogens with two attached hydrogens (primary N) is 1. The largest absolute Gasteiger partial charge is 0.334 e. The average Bonchev–Trinajstić information content (AvgIpc) is 2.89. The molecule has 2 amide bonds. The number of likely N-dealkylation sites (tertiary alicyclic amines) is 1. The van der Waals surface area contributed by atoms with Crippen LogP contribution in [0.25, 0.3) is 0 Å². The van der Waals surface area contributed by atoms with Crippen molar-refractivity contribution in [3.8, 4) is 0 Å². The van der Waals surface area contributed by atoms with E-state index in [0.717, 1.165) is 31.5 Å². The van der Waals surface area contributed by atoms with Crippen LogP contribution in [0, 0.1) is 0 Å². The lowest BCUT2D eigenvalue weighted by Crippen LogP contribution is -2.37. The maximum absolute atomic E-state index is 11.8. The quantitative estimate of drug-likeness (QED) is 0.860. The number of rotatable bonds is 4. The number of primary sulfonamides is 1. The van der Waals surface area contributed by atoms with Crippen molar-refractivity contribution in [1.82, 2.24) is 10.2 Å². The Hall–Kier alpha value is -1.60. The van der Waals surface area contributed by atoms with E-state index in [1.54, 1.807) is 29.2 Å². The minimum Gasteiger partial charge on any atom is -0.334 e. The van der Waals surface area contributed by atoms with Gasteiger partial charge in [0, 0.05) is 19.6 Å². The summed E-state index contributed by atoms with van der Waals surface area (Å²) in [6.07, 6.45) is 2.13. The van der Waals surface area contributed by atoms with Crippen LogP contribution in [-0.4, -0.2) is 32.4 Å². The highest BCUT2D eigenvalue weighted by Crippen LogP contribution is 2.09. The number of hydrogen-bond donors (Lipinski definition) is 2. The maximum atomic E-state index is 11.8. The number of carbonyl (C=O) groups is 1. The van der Waals surface area contributed by atoms with Gasteiger partial charge in [-0.3, -0.25) is 0 Å². The zero-order chi connectivity index (χ0) is 14.6. The van der Waals surface area contributed by atoms with E-state index in [-0.39, 0.29) is 11.8 Å². The minimum atomic E-state index is -3.50. The van der Waals surface area contributed by atoms with Crippen LogP contribution in [0.15, 0.2) is 24.3 Å². The predicted octanol–water partition coefficient (Wildman–Crippen LogP) is 0.780. The molecule has 1 aliphatic rings. The van der Waals surface area contributed by atoms with Crippen molar-refractivity contribution in [2.75, 3.05) is 13.1 Å². The summed E-state index contributed by atoms with van der Waals surface area (Å²) in [7, 11) is -3.50. The first-order valence-corrected chi connectivity index (χ1v) is 8.27. The Morgan fingerprint density at radius 1 is 1.15 bits per heavy atom. The molecule has 7 heteroatoms. The fraction of sp³-hybridized carbons (Fsp3) is 0.462. The van der Waals surface area contributed by atoms with Gasteiger partial charge in [-0.05, 0) is 24.0 Å². The molecule has 0 aromatic heterocycles. The van der Waals surface area contributed by atoms with E-state index >= 15 is 0 Å². The SMILES string of the molecule is NS(=O)(=O)Cc1ccc(CNC(=O)N2CCCC2)cc1. The molecule has 6 nitrogen and oxygen atoms in total. The van der Waals surface area contributed by atoms with Gasteiger partial charge in [0.15, 0.2) is 0 Å². The summed E-state index contributed by atoms with van der Waals surface area (Å²) < 4.78 is 21.9. The third-order valence-corrected chi connectivity index (χ3v) is 3.96. The molecule has 1 aromatic rings. The number of hydrogen-bond acceptors (Lipinski definition) is 3. The van der Waals surface area contributed by atoms with Gasteiger partial charge in [0.2, 0.25) is 10.0 Å². The molecular weight excluding hydrogens is 278 g/mol. The second-order valence-corrected chi connectivity index (χ2v) is 6.59. The molecule has 1 aromatic carbocycles. The van der Waals surface area contributed by atoms with Crippen molar-refractivity contribution in [3.63, 3.8) is 0 Å². The van der Waals surface area contributed by atoms with Gasteiger partial charge in [-0.25, -0.2) is 18.4 Å². The molecule has 20 heavy (non-hydrogen) atoms. The van der Waals surface area contributed by atoms with E-state index in [1.165, 1.54) is 0 Å². The zero-order valence-corrected chi connectivity index (χ0v) is 12.0. The highest BCUT2D eigenvalue weighted by molar-refractivity contribution is 7.88. The molecule has 0 spiro atoms. The summed E-state index contributed by atoms with van der Waals surface area (Å²) >= 11 is 0. The highest BCUT2D eigenvalue weighted by Gasteiger charge is 2.17. The van der Waals surface area contributed by atoms with Gasteiger partial charge >= 0.3 is 6.03 Å². The van der Waals surface area contributed by atoms with Gasteiger partial charge in [-0.15, -0.1) is 0 Å². The predicted molar refractivity (Wildman–Crippen MR) is 76.3 cm³/mol. The van der Waals surface area contributed by atoms with Crippen molar-refractivity contribution in [2.24, 2.45) is 5.14 Å². The van der Waals surface area contributed by atoms with E-state index in [0.29, 0.717) is 12.1 Å². The van der Waals surface area contributed by atoms with Crippen LogP contribution < -0.4 is 10.5 Å². The lowest BCUT2D eigenvalue weighted by atomic mass is 10.1. The summed E-state index contributed by atoms with van der Waals surface area (Å²) in [5, 5.41) is 7.84. The molecule has 0 bridgehead atoms. The van der Waals surface area contributed by atoms with Crippen LogP contribution in [0.5, 0.6) is 0 Å². The van der Waals surface area contributed by atoms with Crippen LogP contribution in [0.1, 0.15) is 24.0 Å². The van der Waals surface area contributed by atoms with Gasteiger partial charge in [0.25, 0.3) is 0 Å². The molecule has 3 N–H and O–H groups in total. The molecule has 1 fully saturated rings. The number of sulfonamides is 1. The van der Waals surface area contributed by atoms with E-state index in [2.05, 4.69) is 5.32 Å². The number of carbonyl (C=O) groups excluding carboxylic acids is 1. The third kappa shape index (κ3) is 4.50. The van der Waals surface area contributed by atoms with Crippen LogP contribution in [-0.2, 0) is 22.3 Å². The van der Waals surface area contributed by atoms with Crippen molar-refractivity contribution in [2.45, 2.75) is 25.1 Å². The average molecular weight is 297 g/mol. The molecule has 0 saturated carbocycles. The lowest BCUT2D eigenvalue weighted by molar-refractivity contribution is 0.208. The first-order valence-electron chi connectivity index (χ1n) is 6.55. The molecule has 0 radical (unpaired) electrons. The summed E-state index contributed by atoms with van der Waals surface area (Å²) in [5.41, 5.74) is 1.57. The topological polar surface area (TPSA) is 92.5 Å². The van der Waals surface area contributed by atoms with E-state index in [4.69, 9.17) is 5.14 Å². The number of benzene rings is 1. The molecular formula is C13H19N3O3S.